The Kier molecular flexibility index (Phi) is 7.34. The Bertz CT molecular complexity index is 1250. The zero-order valence-electron chi connectivity index (χ0n) is 21.1. The molecular formula is C25H33N5O4. The zero-order chi connectivity index (χ0) is 25.2. The first kappa shape index (κ1) is 24.9. The zero-order valence-corrected chi connectivity index (χ0v) is 21.1. The molecule has 34 heavy (non-hydrogen) atoms. The molecule has 0 aliphatic carbocycles. The predicted molar refractivity (Wildman–Crippen MR) is 134 cm³/mol. The summed E-state index contributed by atoms with van der Waals surface area (Å²) in [7, 11) is 10.2. The lowest BCUT2D eigenvalue weighted by atomic mass is 10.0. The van der Waals surface area contributed by atoms with Gasteiger partial charge in [-0.15, -0.1) is 0 Å². The highest BCUT2D eigenvalue weighted by atomic mass is 16.5. The Morgan fingerprint density at radius 2 is 1.82 bits per heavy atom. The fraction of sp³-hybridized carbons (Fsp3) is 0.400. The second-order valence-corrected chi connectivity index (χ2v) is 8.59. The van der Waals surface area contributed by atoms with E-state index in [1.165, 1.54) is 0 Å². The molecule has 2 aromatic carbocycles. The molecule has 182 valence electrons. The number of benzene rings is 2. The highest BCUT2D eigenvalue weighted by Crippen LogP contribution is 2.35. The molecular weight excluding hydrogens is 434 g/mol. The minimum Gasteiger partial charge on any atom is -0.493 e. The number of aromatic nitrogens is 2. The van der Waals surface area contributed by atoms with Crippen LogP contribution in [0.25, 0.3) is 10.9 Å². The first-order valence-corrected chi connectivity index (χ1v) is 11.0. The maximum Gasteiger partial charge on any atom is 0.319 e. The monoisotopic (exact) mass is 467 g/mol. The van der Waals surface area contributed by atoms with Gasteiger partial charge in [0, 0.05) is 46.4 Å². The summed E-state index contributed by atoms with van der Waals surface area (Å²) in [5.41, 5.74) is 3.03. The highest BCUT2D eigenvalue weighted by Gasteiger charge is 2.20. The van der Waals surface area contributed by atoms with E-state index in [0.29, 0.717) is 40.5 Å². The molecule has 0 spiro atoms. The smallest absolute Gasteiger partial charge is 0.319 e. The van der Waals surface area contributed by atoms with Gasteiger partial charge >= 0.3 is 6.03 Å². The average molecular weight is 468 g/mol. The number of anilines is 1. The molecule has 1 atom stereocenters. The average Bonchev–Trinajstić information content (AvgIpc) is 2.81. The second-order valence-electron chi connectivity index (χ2n) is 8.59. The molecule has 0 aliphatic heterocycles. The molecule has 3 aromatic rings. The molecule has 2 amide bonds. The number of amides is 2. The third kappa shape index (κ3) is 4.78. The summed E-state index contributed by atoms with van der Waals surface area (Å²) in [6.45, 7) is 4.33. The fourth-order valence-corrected chi connectivity index (χ4v) is 4.02. The van der Waals surface area contributed by atoms with Crippen molar-refractivity contribution >= 4 is 22.9 Å². The van der Waals surface area contributed by atoms with Crippen LogP contribution in [0.5, 0.6) is 11.5 Å². The van der Waals surface area contributed by atoms with Crippen molar-refractivity contribution in [2.24, 2.45) is 0 Å². The Morgan fingerprint density at radius 1 is 1.12 bits per heavy atom. The lowest BCUT2D eigenvalue weighted by molar-refractivity contribution is 0.167. The van der Waals surface area contributed by atoms with E-state index in [-0.39, 0.29) is 17.6 Å². The first-order valence-electron chi connectivity index (χ1n) is 11.0. The number of rotatable bonds is 7. The molecule has 1 aromatic heterocycles. The van der Waals surface area contributed by atoms with Gasteiger partial charge in [-0.25, -0.2) is 9.78 Å². The second kappa shape index (κ2) is 10.0. The Labute approximate surface area is 199 Å². The van der Waals surface area contributed by atoms with E-state index in [1.54, 1.807) is 51.2 Å². The predicted octanol–water partition coefficient (Wildman–Crippen LogP) is 3.56. The van der Waals surface area contributed by atoms with Crippen LogP contribution in [0, 0.1) is 6.92 Å². The summed E-state index contributed by atoms with van der Waals surface area (Å²) in [5, 5.41) is 0.471. The molecule has 1 heterocycles. The number of H-pyrrole nitrogens is 1. The molecule has 1 unspecified atom stereocenters. The van der Waals surface area contributed by atoms with Gasteiger partial charge in [0.1, 0.15) is 0 Å². The highest BCUT2D eigenvalue weighted by molar-refractivity contribution is 5.86. The molecule has 3 rings (SSSR count). The van der Waals surface area contributed by atoms with E-state index in [4.69, 9.17) is 9.47 Å². The fourth-order valence-electron chi connectivity index (χ4n) is 4.02. The van der Waals surface area contributed by atoms with E-state index < -0.39 is 0 Å². The number of urea groups is 1. The van der Waals surface area contributed by atoms with Crippen LogP contribution < -0.4 is 19.9 Å². The molecule has 9 nitrogen and oxygen atoms in total. The number of nitrogens with one attached hydrogen (secondary N) is 1. The topological polar surface area (TPSA) is 91.0 Å². The molecule has 0 saturated carbocycles. The van der Waals surface area contributed by atoms with E-state index in [2.05, 4.69) is 16.0 Å². The maximum absolute atomic E-state index is 12.9. The van der Waals surface area contributed by atoms with E-state index >= 15 is 0 Å². The minimum absolute atomic E-state index is 0.0599. The van der Waals surface area contributed by atoms with Crippen LogP contribution in [-0.2, 0) is 6.54 Å². The number of aryl methyl sites for hydroxylation is 1. The standard InChI is InChI=1S/C25H33N5O4/c1-15-21-19(13-20(33-7)22(15)34-8)26-24(27-23(21)31)29(5)14-17-10-9-11-18(12-17)16(2)30(6)25(32)28(3)4/h9-13,16H,14H2,1-8H3,(H,26,27,31). The van der Waals surface area contributed by atoms with E-state index in [1.807, 2.05) is 44.0 Å². The number of methoxy groups -OCH3 is 2. The molecule has 0 aliphatic rings. The lowest BCUT2D eigenvalue weighted by Crippen LogP contribution is -2.37. The van der Waals surface area contributed by atoms with Crippen LogP contribution in [0.1, 0.15) is 29.7 Å². The maximum atomic E-state index is 12.9. The summed E-state index contributed by atoms with van der Waals surface area (Å²) < 4.78 is 10.8. The number of carbonyl (C=O) groups excluding carboxylic acids is 1. The summed E-state index contributed by atoms with van der Waals surface area (Å²) in [5.74, 6) is 1.49. The van der Waals surface area contributed by atoms with Gasteiger partial charge < -0.3 is 24.2 Å². The van der Waals surface area contributed by atoms with Crippen LogP contribution in [0.2, 0.25) is 0 Å². The van der Waals surface area contributed by atoms with Gasteiger partial charge in [0.15, 0.2) is 11.5 Å². The van der Waals surface area contributed by atoms with Crippen molar-refractivity contribution in [3.05, 3.63) is 57.4 Å². The normalized spacial score (nSPS) is 11.8. The van der Waals surface area contributed by atoms with Gasteiger partial charge in [-0.1, -0.05) is 24.3 Å². The number of hydrogen-bond acceptors (Lipinski definition) is 6. The van der Waals surface area contributed by atoms with Crippen LogP contribution in [-0.4, -0.2) is 68.2 Å². The van der Waals surface area contributed by atoms with Crippen molar-refractivity contribution in [3.63, 3.8) is 0 Å². The lowest BCUT2D eigenvalue weighted by Gasteiger charge is -2.28. The van der Waals surface area contributed by atoms with Gasteiger partial charge in [0.25, 0.3) is 5.56 Å². The number of nitrogens with zero attached hydrogens (tertiary/aromatic N) is 4. The minimum atomic E-state index is -0.239. The third-order valence-corrected chi connectivity index (χ3v) is 6.05. The molecule has 0 bridgehead atoms. The Hall–Kier alpha value is -3.75. The Balaban J connectivity index is 1.91. The molecule has 9 heteroatoms. The van der Waals surface area contributed by atoms with Crippen molar-refractivity contribution < 1.29 is 14.3 Å². The summed E-state index contributed by atoms with van der Waals surface area (Å²) in [4.78, 5) is 38.0. The quantitative estimate of drug-likeness (QED) is 0.571. The van der Waals surface area contributed by atoms with Crippen molar-refractivity contribution in [3.8, 4) is 11.5 Å². The van der Waals surface area contributed by atoms with Crippen LogP contribution in [0.4, 0.5) is 10.7 Å². The Morgan fingerprint density at radius 3 is 2.44 bits per heavy atom. The molecule has 0 saturated heterocycles. The summed E-state index contributed by atoms with van der Waals surface area (Å²) in [6, 6.07) is 9.62. The van der Waals surface area contributed by atoms with Gasteiger partial charge in [-0.3, -0.25) is 9.78 Å². The van der Waals surface area contributed by atoms with Crippen LogP contribution in [0.3, 0.4) is 0 Å². The van der Waals surface area contributed by atoms with Crippen molar-refractivity contribution in [2.45, 2.75) is 26.4 Å². The number of aromatic amines is 1. The molecule has 1 N–H and O–H groups in total. The number of fused-ring (bicyclic) bond motifs is 1. The van der Waals surface area contributed by atoms with Gasteiger partial charge in [-0.2, -0.15) is 0 Å². The number of ether oxygens (including phenoxy) is 2. The SMILES string of the molecule is COc1cc2nc(N(C)Cc3cccc(C(C)N(C)C(=O)N(C)C)c3)[nH]c(=O)c2c(C)c1OC. The van der Waals surface area contributed by atoms with Crippen molar-refractivity contribution in [2.75, 3.05) is 47.3 Å². The van der Waals surface area contributed by atoms with Crippen molar-refractivity contribution in [1.29, 1.82) is 0 Å². The van der Waals surface area contributed by atoms with E-state index in [0.717, 1.165) is 11.1 Å². The van der Waals surface area contributed by atoms with Gasteiger partial charge in [0.05, 0.1) is 31.2 Å². The summed E-state index contributed by atoms with van der Waals surface area (Å²) in [6.07, 6.45) is 0. The first-order chi connectivity index (χ1) is 16.1. The molecule has 0 radical (unpaired) electrons. The summed E-state index contributed by atoms with van der Waals surface area (Å²) >= 11 is 0. The van der Waals surface area contributed by atoms with Gasteiger partial charge in [0.2, 0.25) is 5.95 Å². The largest absolute Gasteiger partial charge is 0.493 e. The number of hydrogen-bond donors (Lipinski definition) is 1. The number of carbonyl (C=O) groups is 1. The molecule has 0 fully saturated rings. The van der Waals surface area contributed by atoms with Crippen LogP contribution in [0.15, 0.2) is 35.1 Å². The van der Waals surface area contributed by atoms with Crippen molar-refractivity contribution in [1.82, 2.24) is 19.8 Å². The van der Waals surface area contributed by atoms with E-state index in [9.17, 15) is 9.59 Å². The third-order valence-electron chi connectivity index (χ3n) is 6.05. The van der Waals surface area contributed by atoms with Crippen LogP contribution >= 0.6 is 0 Å². The van der Waals surface area contributed by atoms with Gasteiger partial charge in [-0.05, 0) is 25.0 Å².